The van der Waals surface area contributed by atoms with Crippen LogP contribution in [0.3, 0.4) is 0 Å². The summed E-state index contributed by atoms with van der Waals surface area (Å²) >= 11 is 0. The lowest BCUT2D eigenvalue weighted by atomic mass is 10.2. The van der Waals surface area contributed by atoms with Crippen LogP contribution in [0.15, 0.2) is 0 Å². The predicted octanol–water partition coefficient (Wildman–Crippen LogP) is 1.24. The van der Waals surface area contributed by atoms with Crippen LogP contribution in [0.1, 0.15) is 12.8 Å². The maximum atomic E-state index is 12.5. The average molecular weight is 353 g/mol. The van der Waals surface area contributed by atoms with Gasteiger partial charge >= 0.3 is 18.1 Å². The first kappa shape index (κ1) is 19.1. The van der Waals surface area contributed by atoms with E-state index in [0.717, 1.165) is 0 Å². The van der Waals surface area contributed by atoms with Crippen LogP contribution >= 0.6 is 0 Å². The minimum Gasteiger partial charge on any atom is -0.465 e. The fraction of sp³-hybridized carbons (Fsp3) is 0.909. The van der Waals surface area contributed by atoms with E-state index in [0.29, 0.717) is 0 Å². The van der Waals surface area contributed by atoms with Gasteiger partial charge in [-0.1, -0.05) is 0 Å². The third-order valence-electron chi connectivity index (χ3n) is 3.16. The van der Waals surface area contributed by atoms with Crippen molar-refractivity contribution in [2.45, 2.75) is 24.9 Å². The van der Waals surface area contributed by atoms with Crippen LogP contribution in [0.25, 0.3) is 0 Å². The van der Waals surface area contributed by atoms with Crippen LogP contribution in [0.2, 0.25) is 0 Å². The minimum absolute atomic E-state index is 0.0279. The second-order valence-corrected chi connectivity index (χ2v) is 7.22. The number of carbonyl (C=O) groups is 1. The number of rotatable bonds is 6. The van der Waals surface area contributed by atoms with Crippen LogP contribution in [-0.4, -0.2) is 69.1 Å². The lowest BCUT2D eigenvalue weighted by Gasteiger charge is -2.26. The molecule has 1 aliphatic rings. The summed E-state index contributed by atoms with van der Waals surface area (Å²) in [4.78, 5) is 12.9. The lowest BCUT2D eigenvalue weighted by Crippen LogP contribution is -2.41. The standard InChI is InChI=1S/C11H16F5NO4S/c12-10(13,11(14,15)16)2-6-21-9(18)1-3-17-4-7-22(19,20)8-5-17/h1-8H2. The van der Waals surface area contributed by atoms with Crippen molar-refractivity contribution >= 4 is 15.8 Å². The molecule has 1 rings (SSSR count). The smallest absolute Gasteiger partial charge is 0.453 e. The molecule has 5 nitrogen and oxygen atoms in total. The Morgan fingerprint density at radius 3 is 2.14 bits per heavy atom. The first-order valence-corrected chi connectivity index (χ1v) is 8.28. The molecule has 11 heteroatoms. The highest BCUT2D eigenvalue weighted by Crippen LogP contribution is 2.37. The summed E-state index contributed by atoms with van der Waals surface area (Å²) in [5, 5.41) is 0. The summed E-state index contributed by atoms with van der Waals surface area (Å²) in [6.45, 7) is -0.354. The van der Waals surface area contributed by atoms with E-state index in [2.05, 4.69) is 4.74 Å². The van der Waals surface area contributed by atoms with Crippen LogP contribution in [-0.2, 0) is 19.4 Å². The number of esters is 1. The molecule has 0 N–H and O–H groups in total. The zero-order chi connectivity index (χ0) is 17.0. The molecule has 130 valence electrons. The Kier molecular flexibility index (Phi) is 6.13. The van der Waals surface area contributed by atoms with E-state index >= 15 is 0 Å². The number of halogens is 5. The molecule has 0 bridgehead atoms. The van der Waals surface area contributed by atoms with Crippen LogP contribution in [0.4, 0.5) is 22.0 Å². The maximum Gasteiger partial charge on any atom is 0.453 e. The molecule has 0 amide bonds. The highest BCUT2D eigenvalue weighted by atomic mass is 32.2. The van der Waals surface area contributed by atoms with Crippen molar-refractivity contribution in [2.75, 3.05) is 37.7 Å². The van der Waals surface area contributed by atoms with E-state index in [9.17, 15) is 35.2 Å². The van der Waals surface area contributed by atoms with Gasteiger partial charge in [-0.05, 0) is 0 Å². The lowest BCUT2D eigenvalue weighted by molar-refractivity contribution is -0.286. The van der Waals surface area contributed by atoms with Gasteiger partial charge < -0.3 is 9.64 Å². The number of carbonyl (C=O) groups excluding carboxylic acids is 1. The summed E-state index contributed by atoms with van der Waals surface area (Å²) in [5.74, 6) is -5.85. The number of nitrogens with zero attached hydrogens (tertiary/aromatic N) is 1. The third-order valence-corrected chi connectivity index (χ3v) is 4.77. The van der Waals surface area contributed by atoms with Gasteiger partial charge in [-0.3, -0.25) is 4.79 Å². The zero-order valence-electron chi connectivity index (χ0n) is 11.5. The highest BCUT2D eigenvalue weighted by Gasteiger charge is 2.56. The molecule has 1 saturated heterocycles. The molecule has 0 unspecified atom stereocenters. The molecule has 0 aromatic rings. The monoisotopic (exact) mass is 353 g/mol. The fourth-order valence-electron chi connectivity index (χ4n) is 1.73. The van der Waals surface area contributed by atoms with E-state index in [1.54, 1.807) is 4.90 Å². The Labute approximate surface area is 124 Å². The summed E-state index contributed by atoms with van der Waals surface area (Å²) in [5.41, 5.74) is 0. The van der Waals surface area contributed by atoms with Gasteiger partial charge in [-0.2, -0.15) is 22.0 Å². The fourth-order valence-corrected chi connectivity index (χ4v) is 3.01. The Morgan fingerprint density at radius 1 is 1.09 bits per heavy atom. The van der Waals surface area contributed by atoms with E-state index in [1.165, 1.54) is 0 Å². The van der Waals surface area contributed by atoms with Gasteiger partial charge in [0.2, 0.25) is 0 Å². The summed E-state index contributed by atoms with van der Waals surface area (Å²) in [7, 11) is -3.05. The van der Waals surface area contributed by atoms with Crippen molar-refractivity contribution < 1.29 is 39.9 Å². The van der Waals surface area contributed by atoms with Crippen molar-refractivity contribution in [3.63, 3.8) is 0 Å². The van der Waals surface area contributed by atoms with E-state index in [1.807, 2.05) is 0 Å². The van der Waals surface area contributed by atoms with Crippen molar-refractivity contribution in [3.05, 3.63) is 0 Å². The number of sulfone groups is 1. The van der Waals surface area contributed by atoms with Gasteiger partial charge in [0.15, 0.2) is 9.84 Å². The molecule has 0 spiro atoms. The van der Waals surface area contributed by atoms with Crippen molar-refractivity contribution in [2.24, 2.45) is 0 Å². The summed E-state index contributed by atoms with van der Waals surface area (Å²) in [6.07, 6.45) is -7.49. The predicted molar refractivity (Wildman–Crippen MR) is 66.3 cm³/mol. The van der Waals surface area contributed by atoms with Gasteiger partial charge in [0.05, 0.1) is 31.0 Å². The largest absolute Gasteiger partial charge is 0.465 e. The van der Waals surface area contributed by atoms with Crippen LogP contribution < -0.4 is 0 Å². The Morgan fingerprint density at radius 2 is 1.64 bits per heavy atom. The number of hydrogen-bond donors (Lipinski definition) is 0. The third kappa shape index (κ3) is 6.03. The second-order valence-electron chi connectivity index (χ2n) is 4.92. The molecule has 1 aliphatic heterocycles. The SMILES string of the molecule is O=C(CCN1CCS(=O)(=O)CC1)OCCC(F)(F)C(F)(F)F. The molecule has 0 radical (unpaired) electrons. The number of hydrogen-bond acceptors (Lipinski definition) is 5. The second kappa shape index (κ2) is 7.07. The van der Waals surface area contributed by atoms with Crippen LogP contribution in [0, 0.1) is 0 Å². The van der Waals surface area contributed by atoms with Gasteiger partial charge in [0.25, 0.3) is 0 Å². The first-order chi connectivity index (χ1) is 9.93. The van der Waals surface area contributed by atoms with Crippen molar-refractivity contribution in [3.8, 4) is 0 Å². The van der Waals surface area contributed by atoms with Gasteiger partial charge in [-0.25, -0.2) is 8.42 Å². The van der Waals surface area contributed by atoms with E-state index < -0.39 is 40.9 Å². The summed E-state index contributed by atoms with van der Waals surface area (Å²) < 4.78 is 87.4. The molecule has 0 aliphatic carbocycles. The van der Waals surface area contributed by atoms with E-state index in [4.69, 9.17) is 0 Å². The van der Waals surface area contributed by atoms with Gasteiger partial charge in [0, 0.05) is 19.6 Å². The minimum atomic E-state index is -5.67. The highest BCUT2D eigenvalue weighted by molar-refractivity contribution is 7.91. The number of alkyl halides is 5. The molecule has 22 heavy (non-hydrogen) atoms. The number of ether oxygens (including phenoxy) is 1. The van der Waals surface area contributed by atoms with E-state index in [-0.39, 0.29) is 37.6 Å². The topological polar surface area (TPSA) is 63.7 Å². The molecular weight excluding hydrogens is 337 g/mol. The molecule has 1 heterocycles. The van der Waals surface area contributed by atoms with Crippen LogP contribution in [0.5, 0.6) is 0 Å². The average Bonchev–Trinajstić information content (AvgIpc) is 2.36. The zero-order valence-corrected chi connectivity index (χ0v) is 12.4. The molecule has 1 fully saturated rings. The molecule has 0 atom stereocenters. The summed E-state index contributed by atoms with van der Waals surface area (Å²) in [6, 6.07) is 0. The maximum absolute atomic E-state index is 12.5. The molecular formula is C11H16F5NO4S. The molecule has 0 aromatic heterocycles. The quantitative estimate of drug-likeness (QED) is 0.531. The molecule has 0 saturated carbocycles. The Hall–Kier alpha value is -0.970. The van der Waals surface area contributed by atoms with Crippen molar-refractivity contribution in [1.82, 2.24) is 4.90 Å². The Bertz CT molecular complexity index is 477. The normalized spacial score (nSPS) is 19.9. The van der Waals surface area contributed by atoms with Crippen molar-refractivity contribution in [1.29, 1.82) is 0 Å². The molecule has 0 aromatic carbocycles. The van der Waals surface area contributed by atoms with Gasteiger partial charge in [0.1, 0.15) is 0 Å². The Balaban J connectivity index is 2.22. The first-order valence-electron chi connectivity index (χ1n) is 6.46. The van der Waals surface area contributed by atoms with Gasteiger partial charge in [-0.15, -0.1) is 0 Å².